The number of hydrogen-bond donors (Lipinski definition) is 1. The number of hydrogen-bond acceptors (Lipinski definition) is 2. The van der Waals surface area contributed by atoms with Crippen LogP contribution in [0.25, 0.3) is 0 Å². The largest absolute Gasteiger partial charge is 0.351 e. The van der Waals surface area contributed by atoms with E-state index in [0.717, 1.165) is 6.42 Å². The molecule has 1 rings (SSSR count). The van der Waals surface area contributed by atoms with Gasteiger partial charge in [-0.05, 0) is 18.6 Å². The molecule has 1 heterocycles. The molecule has 0 radical (unpaired) electrons. The molecule has 3 nitrogen and oxygen atoms in total. The van der Waals surface area contributed by atoms with Gasteiger partial charge in [-0.3, -0.25) is 4.79 Å². The molecule has 0 spiro atoms. The van der Waals surface area contributed by atoms with Gasteiger partial charge in [0.05, 0.1) is 0 Å². The fourth-order valence-electron chi connectivity index (χ4n) is 0.864. The van der Waals surface area contributed by atoms with Crippen molar-refractivity contribution in [2.45, 2.75) is 13.3 Å². The van der Waals surface area contributed by atoms with Crippen molar-refractivity contribution in [1.82, 2.24) is 10.3 Å². The van der Waals surface area contributed by atoms with Gasteiger partial charge in [0.25, 0.3) is 5.91 Å². The van der Waals surface area contributed by atoms with Crippen LogP contribution in [-0.4, -0.2) is 17.4 Å². The molecule has 4 heteroatoms. The number of rotatable bonds is 3. The lowest BCUT2D eigenvalue weighted by Crippen LogP contribution is -2.25. The second-order valence-corrected chi connectivity index (χ2v) is 2.60. The first-order valence-electron chi connectivity index (χ1n) is 4.14. The van der Waals surface area contributed by atoms with E-state index >= 15 is 0 Å². The van der Waals surface area contributed by atoms with Gasteiger partial charge in [0.15, 0.2) is 0 Å². The van der Waals surface area contributed by atoms with Gasteiger partial charge < -0.3 is 5.32 Å². The second kappa shape index (κ2) is 4.54. The van der Waals surface area contributed by atoms with Crippen LogP contribution < -0.4 is 5.32 Å². The zero-order valence-electron chi connectivity index (χ0n) is 7.38. The SMILES string of the molecule is CCCNC(=O)c1cccc(F)n1. The molecule has 1 aromatic rings. The zero-order valence-corrected chi connectivity index (χ0v) is 7.38. The van der Waals surface area contributed by atoms with E-state index in [-0.39, 0.29) is 11.6 Å². The maximum atomic E-state index is 12.6. The number of halogens is 1. The van der Waals surface area contributed by atoms with Gasteiger partial charge in [0, 0.05) is 6.54 Å². The maximum absolute atomic E-state index is 12.6. The molecule has 0 atom stereocenters. The van der Waals surface area contributed by atoms with Crippen molar-refractivity contribution >= 4 is 5.91 Å². The van der Waals surface area contributed by atoms with Crippen LogP contribution in [0.3, 0.4) is 0 Å². The third-order valence-electron chi connectivity index (χ3n) is 1.48. The van der Waals surface area contributed by atoms with Crippen LogP contribution in [0.5, 0.6) is 0 Å². The Hall–Kier alpha value is -1.45. The summed E-state index contributed by atoms with van der Waals surface area (Å²) in [4.78, 5) is 14.7. The third-order valence-corrected chi connectivity index (χ3v) is 1.48. The molecule has 0 fully saturated rings. The number of nitrogens with zero attached hydrogens (tertiary/aromatic N) is 1. The topological polar surface area (TPSA) is 42.0 Å². The summed E-state index contributed by atoms with van der Waals surface area (Å²) < 4.78 is 12.6. The summed E-state index contributed by atoms with van der Waals surface area (Å²) in [5, 5.41) is 2.61. The maximum Gasteiger partial charge on any atom is 0.269 e. The summed E-state index contributed by atoms with van der Waals surface area (Å²) in [5.41, 5.74) is 0.119. The van der Waals surface area contributed by atoms with Gasteiger partial charge in [0.2, 0.25) is 5.95 Å². The molecule has 0 saturated heterocycles. The highest BCUT2D eigenvalue weighted by Gasteiger charge is 2.05. The molecule has 0 aliphatic heterocycles. The number of aromatic nitrogens is 1. The summed E-state index contributed by atoms with van der Waals surface area (Å²) in [6.07, 6.45) is 0.848. The molecule has 1 N–H and O–H groups in total. The summed E-state index contributed by atoms with van der Waals surface area (Å²) in [7, 11) is 0. The van der Waals surface area contributed by atoms with E-state index in [4.69, 9.17) is 0 Å². The Balaban J connectivity index is 2.66. The quantitative estimate of drug-likeness (QED) is 0.717. The van der Waals surface area contributed by atoms with E-state index in [0.29, 0.717) is 6.54 Å². The Morgan fingerprint density at radius 1 is 1.62 bits per heavy atom. The monoisotopic (exact) mass is 182 g/mol. The lowest BCUT2D eigenvalue weighted by atomic mass is 10.3. The lowest BCUT2D eigenvalue weighted by Gasteiger charge is -2.01. The molecule has 0 aromatic carbocycles. The molecule has 70 valence electrons. The first-order chi connectivity index (χ1) is 6.24. The van der Waals surface area contributed by atoms with Crippen molar-refractivity contribution < 1.29 is 9.18 Å². The summed E-state index contributed by atoms with van der Waals surface area (Å²) in [6, 6.07) is 4.15. The van der Waals surface area contributed by atoms with Crippen molar-refractivity contribution in [3.63, 3.8) is 0 Å². The number of nitrogens with one attached hydrogen (secondary N) is 1. The predicted octanol–water partition coefficient (Wildman–Crippen LogP) is 1.36. The van der Waals surface area contributed by atoms with Crippen LogP contribution >= 0.6 is 0 Å². The highest BCUT2D eigenvalue weighted by Crippen LogP contribution is 1.97. The Morgan fingerprint density at radius 3 is 3.00 bits per heavy atom. The zero-order chi connectivity index (χ0) is 9.68. The average Bonchev–Trinajstić information content (AvgIpc) is 2.14. The predicted molar refractivity (Wildman–Crippen MR) is 46.8 cm³/mol. The number of carbonyl (C=O) groups excluding carboxylic acids is 1. The number of pyridine rings is 1. The van der Waals surface area contributed by atoms with Crippen LogP contribution in [0.4, 0.5) is 4.39 Å². The highest BCUT2D eigenvalue weighted by molar-refractivity contribution is 5.92. The minimum absolute atomic E-state index is 0.119. The lowest BCUT2D eigenvalue weighted by molar-refractivity contribution is 0.0947. The van der Waals surface area contributed by atoms with Gasteiger partial charge in [-0.15, -0.1) is 0 Å². The Morgan fingerprint density at radius 2 is 2.38 bits per heavy atom. The average molecular weight is 182 g/mol. The molecule has 0 aliphatic carbocycles. The van der Waals surface area contributed by atoms with E-state index in [9.17, 15) is 9.18 Å². The third kappa shape index (κ3) is 2.82. The van der Waals surface area contributed by atoms with Gasteiger partial charge in [-0.1, -0.05) is 13.0 Å². The molecular formula is C9H11FN2O. The van der Waals surface area contributed by atoms with Crippen LogP contribution in [0.2, 0.25) is 0 Å². The molecule has 0 aliphatic rings. The van der Waals surface area contributed by atoms with Crippen molar-refractivity contribution in [3.8, 4) is 0 Å². The fourth-order valence-corrected chi connectivity index (χ4v) is 0.864. The van der Waals surface area contributed by atoms with Gasteiger partial charge in [-0.2, -0.15) is 4.39 Å². The smallest absolute Gasteiger partial charge is 0.269 e. The first-order valence-corrected chi connectivity index (χ1v) is 4.14. The number of amides is 1. The Labute approximate surface area is 76.0 Å². The molecule has 0 unspecified atom stereocenters. The summed E-state index contributed by atoms with van der Waals surface area (Å²) in [5.74, 6) is -0.967. The van der Waals surface area contributed by atoms with E-state index in [1.807, 2.05) is 6.92 Å². The van der Waals surface area contributed by atoms with E-state index in [1.165, 1.54) is 18.2 Å². The van der Waals surface area contributed by atoms with Crippen molar-refractivity contribution in [1.29, 1.82) is 0 Å². The molecule has 13 heavy (non-hydrogen) atoms. The first kappa shape index (κ1) is 9.64. The Bertz CT molecular complexity index is 301. The van der Waals surface area contributed by atoms with Crippen molar-refractivity contribution in [3.05, 3.63) is 29.8 Å². The van der Waals surface area contributed by atoms with Crippen LogP contribution in [0.1, 0.15) is 23.8 Å². The highest BCUT2D eigenvalue weighted by atomic mass is 19.1. The van der Waals surface area contributed by atoms with Crippen LogP contribution in [0.15, 0.2) is 18.2 Å². The van der Waals surface area contributed by atoms with Gasteiger partial charge in [0.1, 0.15) is 5.69 Å². The van der Waals surface area contributed by atoms with E-state index in [1.54, 1.807) is 0 Å². The number of carbonyl (C=O) groups is 1. The molecule has 0 bridgehead atoms. The summed E-state index contributed by atoms with van der Waals surface area (Å²) in [6.45, 7) is 2.52. The minimum Gasteiger partial charge on any atom is -0.351 e. The summed E-state index contributed by atoms with van der Waals surface area (Å²) >= 11 is 0. The second-order valence-electron chi connectivity index (χ2n) is 2.60. The Kier molecular flexibility index (Phi) is 3.37. The standard InChI is InChI=1S/C9H11FN2O/c1-2-6-11-9(13)7-4-3-5-8(10)12-7/h3-5H,2,6H2,1H3,(H,11,13). The normalized spacial score (nSPS) is 9.69. The molecule has 1 aromatic heterocycles. The van der Waals surface area contributed by atoms with Gasteiger partial charge >= 0.3 is 0 Å². The fraction of sp³-hybridized carbons (Fsp3) is 0.333. The van der Waals surface area contributed by atoms with E-state index in [2.05, 4.69) is 10.3 Å². The molecular weight excluding hydrogens is 171 g/mol. The van der Waals surface area contributed by atoms with Crippen molar-refractivity contribution in [2.24, 2.45) is 0 Å². The van der Waals surface area contributed by atoms with Crippen molar-refractivity contribution in [2.75, 3.05) is 6.54 Å². The molecule has 0 saturated carbocycles. The van der Waals surface area contributed by atoms with Crippen LogP contribution in [-0.2, 0) is 0 Å². The van der Waals surface area contributed by atoms with Crippen LogP contribution in [0, 0.1) is 5.95 Å². The van der Waals surface area contributed by atoms with Gasteiger partial charge in [-0.25, -0.2) is 4.98 Å². The molecule has 1 amide bonds. The minimum atomic E-state index is -0.635. The van der Waals surface area contributed by atoms with E-state index < -0.39 is 5.95 Å².